The number of benzene rings is 6. The van der Waals surface area contributed by atoms with Gasteiger partial charge in [-0.25, -0.2) is 4.98 Å². The van der Waals surface area contributed by atoms with Crippen molar-refractivity contribution < 1.29 is 4.74 Å². The molecule has 3 aromatic heterocycles. The first-order valence-electron chi connectivity index (χ1n) is 17.4. The first kappa shape index (κ1) is 30.6. The lowest BCUT2D eigenvalue weighted by Crippen LogP contribution is -2.76. The van der Waals surface area contributed by atoms with Crippen LogP contribution in [0, 0.1) is 0 Å². The number of pyridine rings is 2. The van der Waals surface area contributed by atoms with E-state index < -0.39 is 8.07 Å². The molecule has 0 spiro atoms. The van der Waals surface area contributed by atoms with Gasteiger partial charge >= 0.3 is 0 Å². The second-order valence-electron chi connectivity index (χ2n) is 13.0. The molecule has 4 nitrogen and oxygen atoms in total. The Labute approximate surface area is 307 Å². The van der Waals surface area contributed by atoms with Crippen molar-refractivity contribution in [2.24, 2.45) is 0 Å². The summed E-state index contributed by atoms with van der Waals surface area (Å²) in [6.07, 6.45) is 3.71. The molecule has 0 unspecified atom stereocenters. The molecule has 0 amide bonds. The molecule has 0 bridgehead atoms. The van der Waals surface area contributed by atoms with Crippen molar-refractivity contribution in [1.29, 1.82) is 0 Å². The van der Waals surface area contributed by atoms with E-state index in [1.54, 1.807) is 0 Å². The number of nitrogens with zero attached hydrogens (tertiary/aromatic N) is 3. The van der Waals surface area contributed by atoms with Crippen molar-refractivity contribution in [3.63, 3.8) is 0 Å². The molecule has 0 N–H and O–H groups in total. The Morgan fingerprint density at radius 2 is 1.23 bits per heavy atom. The maximum absolute atomic E-state index is 6.59. The standard InChI is InChI=1S/C46H31N3OSSi/c1-3-18-36(19-4-1)52(37-20-5-2-6-21-37)43-25-8-7-24-41(43)51-42-27-26-38-39-22-13-29-48-46(39)49(44(38)45(42)52)33-15-12-17-35(31-33)50-34-16-11-14-32(30-34)40-23-9-10-28-47-40/h1-31H. The maximum atomic E-state index is 6.59. The number of ether oxygens (including phenoxy) is 1. The van der Waals surface area contributed by atoms with Crippen molar-refractivity contribution in [1.82, 2.24) is 14.5 Å². The zero-order valence-electron chi connectivity index (χ0n) is 28.1. The molecule has 4 heterocycles. The molecule has 0 atom stereocenters. The van der Waals surface area contributed by atoms with Crippen LogP contribution in [0.1, 0.15) is 0 Å². The lowest BCUT2D eigenvalue weighted by atomic mass is 10.1. The van der Waals surface area contributed by atoms with E-state index in [9.17, 15) is 0 Å². The lowest BCUT2D eigenvalue weighted by Gasteiger charge is -2.40. The van der Waals surface area contributed by atoms with Gasteiger partial charge in [-0.2, -0.15) is 0 Å². The van der Waals surface area contributed by atoms with E-state index in [-0.39, 0.29) is 0 Å². The first-order valence-corrected chi connectivity index (χ1v) is 20.2. The van der Waals surface area contributed by atoms with Gasteiger partial charge in [-0.3, -0.25) is 9.55 Å². The zero-order valence-corrected chi connectivity index (χ0v) is 29.9. The highest BCUT2D eigenvalue weighted by Gasteiger charge is 2.48. The van der Waals surface area contributed by atoms with E-state index in [0.29, 0.717) is 0 Å². The minimum absolute atomic E-state index is 0.751. The molecule has 0 aliphatic carbocycles. The van der Waals surface area contributed by atoms with Crippen LogP contribution >= 0.6 is 11.8 Å². The summed E-state index contributed by atoms with van der Waals surface area (Å²) < 4.78 is 8.96. The Morgan fingerprint density at radius 1 is 0.519 bits per heavy atom. The second kappa shape index (κ2) is 12.5. The molecule has 6 heteroatoms. The van der Waals surface area contributed by atoms with Crippen molar-refractivity contribution in [2.75, 3.05) is 0 Å². The van der Waals surface area contributed by atoms with E-state index in [4.69, 9.17) is 9.72 Å². The van der Waals surface area contributed by atoms with Gasteiger partial charge < -0.3 is 4.74 Å². The van der Waals surface area contributed by atoms with E-state index in [2.05, 4.69) is 137 Å². The van der Waals surface area contributed by atoms with Crippen LogP contribution in [-0.2, 0) is 0 Å². The van der Waals surface area contributed by atoms with Crippen LogP contribution < -0.4 is 25.5 Å². The monoisotopic (exact) mass is 701 g/mol. The highest BCUT2D eigenvalue weighted by molar-refractivity contribution is 8.00. The van der Waals surface area contributed by atoms with E-state index >= 15 is 0 Å². The summed E-state index contributed by atoms with van der Waals surface area (Å²) in [5.74, 6) is 1.51. The average Bonchev–Trinajstić information content (AvgIpc) is 3.56. The molecule has 9 aromatic rings. The third-order valence-electron chi connectivity index (χ3n) is 10.1. The number of hydrogen-bond donors (Lipinski definition) is 0. The number of fused-ring (bicyclic) bond motifs is 6. The van der Waals surface area contributed by atoms with E-state index in [1.165, 1.54) is 41.4 Å². The molecule has 10 rings (SSSR count). The van der Waals surface area contributed by atoms with Crippen LogP contribution in [0.5, 0.6) is 11.5 Å². The highest BCUT2D eigenvalue weighted by atomic mass is 32.2. The van der Waals surface area contributed by atoms with Crippen molar-refractivity contribution in [3.8, 4) is 28.4 Å². The Morgan fingerprint density at radius 3 is 2.02 bits per heavy atom. The zero-order chi connectivity index (χ0) is 34.5. The van der Waals surface area contributed by atoms with Gasteiger partial charge in [0.1, 0.15) is 17.1 Å². The largest absolute Gasteiger partial charge is 0.457 e. The minimum atomic E-state index is -2.89. The van der Waals surface area contributed by atoms with Gasteiger partial charge in [0.05, 0.1) is 16.9 Å². The fraction of sp³-hybridized carbons (Fsp3) is 0. The van der Waals surface area contributed by atoms with Gasteiger partial charge in [0, 0.05) is 44.6 Å². The van der Waals surface area contributed by atoms with E-state index in [0.717, 1.165) is 39.5 Å². The Balaban J connectivity index is 1.25. The summed E-state index contributed by atoms with van der Waals surface area (Å²) in [5.41, 5.74) is 5.04. The predicted octanol–water partition coefficient (Wildman–Crippen LogP) is 8.88. The van der Waals surface area contributed by atoms with Crippen LogP contribution in [0.2, 0.25) is 0 Å². The molecule has 1 aliphatic rings. The van der Waals surface area contributed by atoms with Gasteiger partial charge in [0.25, 0.3) is 0 Å². The molecule has 0 fully saturated rings. The van der Waals surface area contributed by atoms with Crippen LogP contribution in [0.3, 0.4) is 0 Å². The summed E-state index contributed by atoms with van der Waals surface area (Å²) in [5, 5.41) is 7.84. The van der Waals surface area contributed by atoms with Crippen molar-refractivity contribution in [3.05, 3.63) is 188 Å². The molecular formula is C46H31N3OSSi. The normalized spacial score (nSPS) is 13.1. The topological polar surface area (TPSA) is 39.9 Å². The van der Waals surface area contributed by atoms with Crippen LogP contribution in [0.4, 0.5) is 0 Å². The third kappa shape index (κ3) is 4.83. The molecular weight excluding hydrogens is 671 g/mol. The Bertz CT molecular complexity index is 2710. The minimum Gasteiger partial charge on any atom is -0.457 e. The summed E-state index contributed by atoms with van der Waals surface area (Å²) >= 11 is 1.88. The predicted molar refractivity (Wildman–Crippen MR) is 216 cm³/mol. The first-order chi connectivity index (χ1) is 25.8. The van der Waals surface area contributed by atoms with Crippen molar-refractivity contribution in [2.45, 2.75) is 9.79 Å². The van der Waals surface area contributed by atoms with Gasteiger partial charge in [-0.05, 0) is 81.4 Å². The van der Waals surface area contributed by atoms with Crippen LogP contribution in [-0.4, -0.2) is 22.6 Å². The molecule has 1 aliphatic heterocycles. The summed E-state index contributed by atoms with van der Waals surface area (Å²) in [6, 6.07) is 62.8. The average molecular weight is 702 g/mol. The van der Waals surface area contributed by atoms with Gasteiger partial charge in [0.2, 0.25) is 0 Å². The van der Waals surface area contributed by atoms with Crippen LogP contribution in [0.15, 0.2) is 198 Å². The molecule has 6 aromatic carbocycles. The summed E-state index contributed by atoms with van der Waals surface area (Å²) in [4.78, 5) is 12.2. The smallest absolute Gasteiger partial charge is 0.184 e. The van der Waals surface area contributed by atoms with Gasteiger partial charge in [-0.1, -0.05) is 121 Å². The number of hydrogen-bond acceptors (Lipinski definition) is 4. The maximum Gasteiger partial charge on any atom is 0.184 e. The summed E-state index contributed by atoms with van der Waals surface area (Å²) in [6.45, 7) is 0. The Kier molecular flexibility index (Phi) is 7.37. The molecule has 246 valence electrons. The summed E-state index contributed by atoms with van der Waals surface area (Å²) in [7, 11) is -2.89. The van der Waals surface area contributed by atoms with Gasteiger partial charge in [0.15, 0.2) is 8.07 Å². The number of rotatable bonds is 6. The molecule has 0 saturated heterocycles. The van der Waals surface area contributed by atoms with Gasteiger partial charge in [-0.15, -0.1) is 0 Å². The van der Waals surface area contributed by atoms with E-state index in [1.807, 2.05) is 72.7 Å². The lowest BCUT2D eigenvalue weighted by molar-refractivity contribution is 0.482. The molecule has 0 radical (unpaired) electrons. The second-order valence-corrected chi connectivity index (χ2v) is 17.7. The highest BCUT2D eigenvalue weighted by Crippen LogP contribution is 2.40. The molecule has 52 heavy (non-hydrogen) atoms. The Hall–Kier alpha value is -6.21. The molecule has 0 saturated carbocycles. The third-order valence-corrected chi connectivity index (χ3v) is 16.5. The SMILES string of the molecule is c1ccc([Si]2(c3ccccc3)c3ccccc3Sc3ccc4c5cccnc5n(-c5cccc(Oc6cccc(-c7ccccn7)c6)c5)c4c32)cc1. The number of aromatic nitrogens is 3. The quantitative estimate of drug-likeness (QED) is 0.163. The van der Waals surface area contributed by atoms with Crippen LogP contribution in [0.25, 0.3) is 38.9 Å². The van der Waals surface area contributed by atoms with Crippen molar-refractivity contribution >= 4 is 62.5 Å². The fourth-order valence-electron chi connectivity index (χ4n) is 7.95. The fourth-order valence-corrected chi connectivity index (χ4v) is 15.1.